The third kappa shape index (κ3) is 7.55. The van der Waals surface area contributed by atoms with Crippen molar-refractivity contribution >= 4 is 35.0 Å². The number of aromatic hydroxyl groups is 2. The van der Waals surface area contributed by atoms with E-state index in [1.165, 1.54) is 32.2 Å². The van der Waals surface area contributed by atoms with Gasteiger partial charge in [-0.05, 0) is 25.8 Å². The molecule has 0 aromatic heterocycles. The molecule has 3 aliphatic rings. The number of rotatable bonds is 12. The van der Waals surface area contributed by atoms with Gasteiger partial charge in [0.15, 0.2) is 18.7 Å². The summed E-state index contributed by atoms with van der Waals surface area (Å²) < 4.78 is 22.5. The Bertz CT molecular complexity index is 1840. The second-order valence-electron chi connectivity index (χ2n) is 14.1. The molecule has 16 nitrogen and oxygen atoms in total. The number of Topliss-reactive ketones (excluding diaryl/α,β-unsaturated/α-hetero) is 2. The summed E-state index contributed by atoms with van der Waals surface area (Å²) in [4.78, 5) is 78.3. The van der Waals surface area contributed by atoms with Gasteiger partial charge in [-0.2, -0.15) is 0 Å². The van der Waals surface area contributed by atoms with E-state index in [0.717, 1.165) is 0 Å². The predicted molar refractivity (Wildman–Crippen MR) is 182 cm³/mol. The van der Waals surface area contributed by atoms with Crippen molar-refractivity contribution in [2.24, 2.45) is 11.7 Å². The number of ether oxygens (including phenoxy) is 4. The Morgan fingerprint density at radius 3 is 2.36 bits per heavy atom. The number of methoxy groups -OCH3 is 1. The van der Waals surface area contributed by atoms with E-state index in [4.69, 9.17) is 24.7 Å². The molecule has 53 heavy (non-hydrogen) atoms. The van der Waals surface area contributed by atoms with Crippen LogP contribution in [0.4, 0.5) is 0 Å². The van der Waals surface area contributed by atoms with Crippen molar-refractivity contribution in [3.05, 3.63) is 51.6 Å². The van der Waals surface area contributed by atoms with Crippen LogP contribution in [0.2, 0.25) is 0 Å². The highest BCUT2D eigenvalue weighted by molar-refractivity contribution is 6.31. The van der Waals surface area contributed by atoms with Crippen LogP contribution in [0.5, 0.6) is 17.2 Å². The second kappa shape index (κ2) is 15.3. The van der Waals surface area contributed by atoms with E-state index < -0.39 is 120 Å². The lowest BCUT2D eigenvalue weighted by atomic mass is 9.72. The van der Waals surface area contributed by atoms with E-state index in [9.17, 15) is 49.2 Å². The number of hydrogen-bond donors (Lipinski definition) is 6. The van der Waals surface area contributed by atoms with Crippen molar-refractivity contribution in [3.8, 4) is 17.2 Å². The van der Waals surface area contributed by atoms with Gasteiger partial charge in [0, 0.05) is 54.8 Å². The Hall–Kier alpha value is -4.74. The molecule has 0 spiro atoms. The molecule has 2 aromatic rings. The number of amides is 1. The third-order valence-corrected chi connectivity index (χ3v) is 9.95. The number of ketones is 4. The molecular formula is C37H44N2O14. The summed E-state index contributed by atoms with van der Waals surface area (Å²) >= 11 is 0. The average molecular weight is 741 g/mol. The maximum atomic E-state index is 13.9. The lowest BCUT2D eigenvalue weighted by Crippen LogP contribution is -2.53. The van der Waals surface area contributed by atoms with Crippen LogP contribution in [-0.4, -0.2) is 105 Å². The number of nitrogens with two attached hydrogens (primary N) is 1. The van der Waals surface area contributed by atoms with Gasteiger partial charge in [0.25, 0.3) is 0 Å². The minimum Gasteiger partial charge on any atom is -0.507 e. The number of benzene rings is 2. The quantitative estimate of drug-likeness (QED) is 0.112. The second-order valence-corrected chi connectivity index (χ2v) is 14.1. The maximum absolute atomic E-state index is 13.9. The fraction of sp³-hybridized carbons (Fsp3) is 0.514. The molecule has 16 heteroatoms. The first kappa shape index (κ1) is 39.5. The lowest BCUT2D eigenvalue weighted by Gasteiger charge is -2.42. The first-order valence-electron chi connectivity index (χ1n) is 17.2. The molecule has 0 radical (unpaired) electrons. The first-order chi connectivity index (χ1) is 24.9. The monoisotopic (exact) mass is 740 g/mol. The number of fused-ring (bicyclic) bond motifs is 3. The number of aliphatic hydroxyl groups excluding tert-OH is 1. The van der Waals surface area contributed by atoms with Crippen LogP contribution in [0.25, 0.3) is 0 Å². The zero-order valence-corrected chi connectivity index (χ0v) is 30.0. The van der Waals surface area contributed by atoms with Gasteiger partial charge in [0.05, 0.1) is 42.1 Å². The molecule has 1 heterocycles. The molecule has 0 saturated carbocycles. The van der Waals surface area contributed by atoms with Gasteiger partial charge in [-0.1, -0.05) is 26.0 Å². The molecule has 1 fully saturated rings. The highest BCUT2D eigenvalue weighted by Crippen LogP contribution is 2.52. The Balaban J connectivity index is 1.51. The summed E-state index contributed by atoms with van der Waals surface area (Å²) in [7, 11) is 1.30. The highest BCUT2D eigenvalue weighted by Gasteiger charge is 2.50. The largest absolute Gasteiger partial charge is 0.507 e. The molecular weight excluding hydrogens is 696 g/mol. The summed E-state index contributed by atoms with van der Waals surface area (Å²) in [6, 6.07) is 2.28. The Kier molecular flexibility index (Phi) is 11.4. The van der Waals surface area contributed by atoms with E-state index in [1.807, 2.05) is 0 Å². The summed E-state index contributed by atoms with van der Waals surface area (Å²) in [5.74, 6) is -6.43. The maximum Gasteiger partial charge on any atom is 0.329 e. The summed E-state index contributed by atoms with van der Waals surface area (Å²) in [6.07, 6.45) is -6.06. The van der Waals surface area contributed by atoms with Gasteiger partial charge >= 0.3 is 5.97 Å². The number of phenols is 2. The van der Waals surface area contributed by atoms with Gasteiger partial charge in [-0.3, -0.25) is 19.2 Å². The topological polar surface area (TPSA) is 258 Å². The van der Waals surface area contributed by atoms with Crippen molar-refractivity contribution in [2.75, 3.05) is 13.7 Å². The number of hydrogen-bond acceptors (Lipinski definition) is 15. The Morgan fingerprint density at radius 2 is 1.74 bits per heavy atom. The SMILES string of the molecule is COc1cccc2c1C(=O)c1c(O)c3c(c(O)c1C2=O)C[C@@](O)(C(=O)COC(=O)[C@H](NC(=O)CCC(C)=O)C(C)C)C[C@@H]3OC1CC(N)C(O)C(C)O1. The van der Waals surface area contributed by atoms with Crippen LogP contribution in [0.3, 0.4) is 0 Å². The molecule has 2 aromatic carbocycles. The van der Waals surface area contributed by atoms with Gasteiger partial charge < -0.3 is 55.2 Å². The van der Waals surface area contributed by atoms with E-state index in [2.05, 4.69) is 5.32 Å². The standard InChI is InChI=1S/C37H44N2O14/c1-15(2)30(39-24(42)10-9-16(3)40)36(48)51-14-23(41)37(49)12-19-27(22(13-37)53-25-11-20(38)31(43)17(4)52-25)35(47)29-28(33(19)45)32(44)18-7-6-8-21(50-5)26(18)34(29)46/h6-8,15,17,20,22,25,30-31,43,45,47,49H,9-14,38H2,1-5H3,(H,39,42)/t17?,20?,22-,25?,30+,31?,37-/m0/s1. The summed E-state index contributed by atoms with van der Waals surface area (Å²) in [6.45, 7) is 5.14. The Morgan fingerprint density at radius 1 is 1.06 bits per heavy atom. The van der Waals surface area contributed by atoms with Crippen LogP contribution >= 0.6 is 0 Å². The molecule has 1 aliphatic heterocycles. The minimum absolute atomic E-state index is 0.0364. The van der Waals surface area contributed by atoms with Gasteiger partial charge in [0.1, 0.15) is 34.7 Å². The van der Waals surface area contributed by atoms with Crippen molar-refractivity contribution in [1.82, 2.24) is 5.32 Å². The molecule has 7 atom stereocenters. The zero-order valence-electron chi connectivity index (χ0n) is 30.0. The van der Waals surface area contributed by atoms with Crippen LogP contribution in [0, 0.1) is 5.92 Å². The van der Waals surface area contributed by atoms with Crippen molar-refractivity contribution in [3.63, 3.8) is 0 Å². The van der Waals surface area contributed by atoms with Crippen LogP contribution in [0.1, 0.15) is 102 Å². The highest BCUT2D eigenvalue weighted by atomic mass is 16.7. The van der Waals surface area contributed by atoms with E-state index in [1.54, 1.807) is 20.8 Å². The van der Waals surface area contributed by atoms with E-state index in [0.29, 0.717) is 0 Å². The van der Waals surface area contributed by atoms with E-state index in [-0.39, 0.29) is 53.0 Å². The number of aliphatic hydroxyl groups is 2. The fourth-order valence-corrected chi connectivity index (χ4v) is 7.00. The summed E-state index contributed by atoms with van der Waals surface area (Å²) in [5.41, 5.74) is 1.85. The Labute approximate surface area is 304 Å². The molecule has 4 unspecified atom stereocenters. The molecule has 7 N–H and O–H groups in total. The molecule has 5 rings (SSSR count). The number of phenolic OH excluding ortho intramolecular Hbond substituents is 2. The number of carbonyl (C=O) groups excluding carboxylic acids is 6. The predicted octanol–water partition coefficient (Wildman–Crippen LogP) is 1.06. The van der Waals surface area contributed by atoms with Crippen LogP contribution in [0.15, 0.2) is 18.2 Å². The zero-order chi connectivity index (χ0) is 39.1. The summed E-state index contributed by atoms with van der Waals surface area (Å²) in [5, 5.41) is 48.2. The van der Waals surface area contributed by atoms with Crippen molar-refractivity contribution < 1.29 is 68.1 Å². The molecule has 2 aliphatic carbocycles. The molecule has 0 bridgehead atoms. The molecule has 1 amide bonds. The van der Waals surface area contributed by atoms with Gasteiger partial charge in [0.2, 0.25) is 17.5 Å². The van der Waals surface area contributed by atoms with Crippen LogP contribution < -0.4 is 15.8 Å². The number of esters is 1. The first-order valence-corrected chi connectivity index (χ1v) is 17.2. The lowest BCUT2D eigenvalue weighted by molar-refractivity contribution is -0.247. The molecule has 286 valence electrons. The third-order valence-electron chi connectivity index (χ3n) is 9.95. The van der Waals surface area contributed by atoms with E-state index >= 15 is 0 Å². The van der Waals surface area contributed by atoms with Gasteiger partial charge in [-0.25, -0.2) is 4.79 Å². The number of nitrogens with one attached hydrogen (secondary N) is 1. The number of carbonyl (C=O) groups is 6. The average Bonchev–Trinajstić information content (AvgIpc) is 3.10. The van der Waals surface area contributed by atoms with Crippen LogP contribution in [-0.2, 0) is 39.8 Å². The van der Waals surface area contributed by atoms with Crippen molar-refractivity contribution in [1.29, 1.82) is 0 Å². The van der Waals surface area contributed by atoms with Crippen molar-refractivity contribution in [2.45, 2.75) is 102 Å². The fourth-order valence-electron chi connectivity index (χ4n) is 7.00. The van der Waals surface area contributed by atoms with Gasteiger partial charge in [-0.15, -0.1) is 0 Å². The minimum atomic E-state index is -2.45. The normalized spacial score (nSPS) is 25.5. The smallest absolute Gasteiger partial charge is 0.329 e. The molecule has 1 saturated heterocycles.